The summed E-state index contributed by atoms with van der Waals surface area (Å²) in [5, 5.41) is 1.79. The van der Waals surface area contributed by atoms with Crippen molar-refractivity contribution in [2.75, 3.05) is 5.73 Å². The molecule has 5 heteroatoms. The molecule has 2 N–H and O–H groups in total. The smallest absolute Gasteiger partial charge is 0.0907 e. The average Bonchev–Trinajstić information content (AvgIpc) is 2.69. The molecule has 0 fully saturated rings. The Kier molecular flexibility index (Phi) is 3.39. The number of nitrogens with two attached hydrogens (primary N) is 1. The molecule has 0 aliphatic heterocycles. The minimum atomic E-state index is 0.731. The predicted molar refractivity (Wildman–Crippen MR) is 84.3 cm³/mol. The van der Waals surface area contributed by atoms with E-state index in [1.807, 2.05) is 43.3 Å². The Balaban J connectivity index is 2.02. The fraction of sp³-hybridized carbons (Fsp3) is 0.0714. The molecule has 2 nitrogen and oxygen atoms in total. The van der Waals surface area contributed by atoms with Crippen LogP contribution >= 0.6 is 34.7 Å². The molecule has 0 spiro atoms. The van der Waals surface area contributed by atoms with Gasteiger partial charge in [-0.25, -0.2) is 4.98 Å². The molecular formula is C14H11ClN2S2. The number of aromatic nitrogens is 1. The zero-order valence-corrected chi connectivity index (χ0v) is 12.6. The molecular weight excluding hydrogens is 296 g/mol. The van der Waals surface area contributed by atoms with Crippen LogP contribution in [0.3, 0.4) is 0 Å². The van der Waals surface area contributed by atoms with Gasteiger partial charge in [0, 0.05) is 20.5 Å². The van der Waals surface area contributed by atoms with Crippen molar-refractivity contribution in [1.29, 1.82) is 0 Å². The summed E-state index contributed by atoms with van der Waals surface area (Å²) in [6.07, 6.45) is 0. The van der Waals surface area contributed by atoms with Crippen LogP contribution in [0.1, 0.15) is 5.01 Å². The average molecular weight is 307 g/mol. The Hall–Kier alpha value is -1.23. The third-order valence-corrected chi connectivity index (χ3v) is 4.88. The van der Waals surface area contributed by atoms with Gasteiger partial charge in [0.05, 0.1) is 15.2 Å². The van der Waals surface area contributed by atoms with E-state index >= 15 is 0 Å². The maximum atomic E-state index is 6.11. The number of thiazole rings is 1. The summed E-state index contributed by atoms with van der Waals surface area (Å²) in [4.78, 5) is 6.59. The highest BCUT2D eigenvalue weighted by atomic mass is 35.5. The van der Waals surface area contributed by atoms with E-state index in [-0.39, 0.29) is 0 Å². The molecule has 3 rings (SSSR count). The van der Waals surface area contributed by atoms with Crippen molar-refractivity contribution in [2.24, 2.45) is 0 Å². The van der Waals surface area contributed by atoms with E-state index in [1.54, 1.807) is 23.1 Å². The van der Waals surface area contributed by atoms with E-state index in [1.165, 1.54) is 0 Å². The standard InChI is InChI=1S/C14H11ClN2S2/c1-8-17-12-7-13(11(16)6-14(12)18-8)19-10-4-2-3-9(15)5-10/h2-7H,16H2,1H3. The first-order chi connectivity index (χ1) is 9.11. The van der Waals surface area contributed by atoms with Crippen molar-refractivity contribution in [3.8, 4) is 0 Å². The molecule has 0 aliphatic rings. The molecule has 2 aromatic carbocycles. The topological polar surface area (TPSA) is 38.9 Å². The van der Waals surface area contributed by atoms with Gasteiger partial charge in [0.1, 0.15) is 0 Å². The van der Waals surface area contributed by atoms with Crippen molar-refractivity contribution in [2.45, 2.75) is 16.7 Å². The molecule has 0 amide bonds. The summed E-state index contributed by atoms with van der Waals surface area (Å²) in [6, 6.07) is 11.8. The second kappa shape index (κ2) is 5.04. The van der Waals surface area contributed by atoms with Crippen LogP contribution < -0.4 is 5.73 Å². The number of rotatable bonds is 2. The van der Waals surface area contributed by atoms with Gasteiger partial charge < -0.3 is 5.73 Å². The van der Waals surface area contributed by atoms with Crippen molar-refractivity contribution in [1.82, 2.24) is 4.98 Å². The molecule has 0 saturated carbocycles. The van der Waals surface area contributed by atoms with Crippen molar-refractivity contribution < 1.29 is 0 Å². The molecule has 1 heterocycles. The summed E-state index contributed by atoms with van der Waals surface area (Å²) in [5.41, 5.74) is 7.89. The van der Waals surface area contributed by atoms with E-state index in [0.717, 1.165) is 35.7 Å². The first-order valence-electron chi connectivity index (χ1n) is 5.72. The normalized spacial score (nSPS) is 11.1. The van der Waals surface area contributed by atoms with Crippen LogP contribution in [0.15, 0.2) is 46.2 Å². The predicted octanol–water partition coefficient (Wildman–Crippen LogP) is 4.99. The van der Waals surface area contributed by atoms with Crippen LogP contribution in [0.4, 0.5) is 5.69 Å². The Morgan fingerprint density at radius 2 is 2.11 bits per heavy atom. The molecule has 19 heavy (non-hydrogen) atoms. The SMILES string of the molecule is Cc1nc2cc(Sc3cccc(Cl)c3)c(N)cc2s1. The Morgan fingerprint density at radius 3 is 2.89 bits per heavy atom. The number of halogens is 1. The number of aryl methyl sites for hydroxylation is 1. The van der Waals surface area contributed by atoms with Crippen molar-refractivity contribution >= 4 is 50.6 Å². The lowest BCUT2D eigenvalue weighted by molar-refractivity contribution is 1.33. The number of fused-ring (bicyclic) bond motifs is 1. The third kappa shape index (κ3) is 2.71. The fourth-order valence-electron chi connectivity index (χ4n) is 1.83. The molecule has 0 atom stereocenters. The maximum Gasteiger partial charge on any atom is 0.0907 e. The first-order valence-corrected chi connectivity index (χ1v) is 7.73. The molecule has 0 unspecified atom stereocenters. The highest BCUT2D eigenvalue weighted by Crippen LogP contribution is 2.36. The number of hydrogen-bond acceptors (Lipinski definition) is 4. The molecule has 0 saturated heterocycles. The van der Waals surface area contributed by atoms with Gasteiger partial charge >= 0.3 is 0 Å². The van der Waals surface area contributed by atoms with Crippen LogP contribution in [0.5, 0.6) is 0 Å². The number of benzene rings is 2. The van der Waals surface area contributed by atoms with Gasteiger partial charge in [-0.3, -0.25) is 0 Å². The van der Waals surface area contributed by atoms with E-state index in [2.05, 4.69) is 4.98 Å². The lowest BCUT2D eigenvalue weighted by Crippen LogP contribution is -1.88. The number of nitrogens with zero attached hydrogens (tertiary/aromatic N) is 1. The lowest BCUT2D eigenvalue weighted by Gasteiger charge is -2.05. The Bertz CT molecular complexity index is 752. The zero-order chi connectivity index (χ0) is 13.4. The van der Waals surface area contributed by atoms with Gasteiger partial charge in [-0.05, 0) is 37.3 Å². The highest BCUT2D eigenvalue weighted by molar-refractivity contribution is 7.99. The van der Waals surface area contributed by atoms with Gasteiger partial charge in [-0.15, -0.1) is 11.3 Å². The Labute approximate surface area is 124 Å². The largest absolute Gasteiger partial charge is 0.398 e. The number of nitrogen functional groups attached to an aromatic ring is 1. The van der Waals surface area contributed by atoms with E-state index < -0.39 is 0 Å². The highest BCUT2D eigenvalue weighted by Gasteiger charge is 2.08. The van der Waals surface area contributed by atoms with E-state index in [9.17, 15) is 0 Å². The van der Waals surface area contributed by atoms with Crippen molar-refractivity contribution in [3.05, 3.63) is 46.4 Å². The lowest BCUT2D eigenvalue weighted by atomic mass is 10.3. The van der Waals surface area contributed by atoms with Gasteiger partial charge in [-0.2, -0.15) is 0 Å². The van der Waals surface area contributed by atoms with Gasteiger partial charge in [0.2, 0.25) is 0 Å². The summed E-state index contributed by atoms with van der Waals surface area (Å²) < 4.78 is 1.13. The summed E-state index contributed by atoms with van der Waals surface area (Å²) >= 11 is 9.26. The zero-order valence-electron chi connectivity index (χ0n) is 10.2. The summed E-state index contributed by atoms with van der Waals surface area (Å²) in [6.45, 7) is 2.00. The minimum Gasteiger partial charge on any atom is -0.398 e. The number of anilines is 1. The van der Waals surface area contributed by atoms with E-state index in [4.69, 9.17) is 17.3 Å². The van der Waals surface area contributed by atoms with Gasteiger partial charge in [0.15, 0.2) is 0 Å². The maximum absolute atomic E-state index is 6.11. The first kappa shape index (κ1) is 12.8. The second-order valence-electron chi connectivity index (χ2n) is 4.15. The second-order valence-corrected chi connectivity index (χ2v) is 6.94. The van der Waals surface area contributed by atoms with E-state index in [0.29, 0.717) is 0 Å². The van der Waals surface area contributed by atoms with Crippen molar-refractivity contribution in [3.63, 3.8) is 0 Å². The minimum absolute atomic E-state index is 0.731. The van der Waals surface area contributed by atoms with Crippen LogP contribution in [0.25, 0.3) is 10.2 Å². The molecule has 96 valence electrons. The van der Waals surface area contributed by atoms with Crippen LogP contribution in [0, 0.1) is 6.92 Å². The Morgan fingerprint density at radius 1 is 1.26 bits per heavy atom. The monoisotopic (exact) mass is 306 g/mol. The van der Waals surface area contributed by atoms with Crippen LogP contribution in [-0.4, -0.2) is 4.98 Å². The molecule has 0 radical (unpaired) electrons. The molecule has 3 aromatic rings. The van der Waals surface area contributed by atoms with Gasteiger partial charge in [-0.1, -0.05) is 29.4 Å². The molecule has 0 bridgehead atoms. The molecule has 0 aliphatic carbocycles. The van der Waals surface area contributed by atoms with Crippen LogP contribution in [-0.2, 0) is 0 Å². The number of hydrogen-bond donors (Lipinski definition) is 1. The summed E-state index contributed by atoms with van der Waals surface area (Å²) in [7, 11) is 0. The van der Waals surface area contributed by atoms with Crippen LogP contribution in [0.2, 0.25) is 5.02 Å². The quantitative estimate of drug-likeness (QED) is 0.678. The molecule has 1 aromatic heterocycles. The van der Waals surface area contributed by atoms with Gasteiger partial charge in [0.25, 0.3) is 0 Å². The fourth-order valence-corrected chi connectivity index (χ4v) is 3.88. The third-order valence-electron chi connectivity index (χ3n) is 2.65. The summed E-state index contributed by atoms with van der Waals surface area (Å²) in [5.74, 6) is 0.